The minimum absolute atomic E-state index is 0.213. The Balaban J connectivity index is 2.11. The number of hydrogen-bond acceptors (Lipinski definition) is 2. The molecule has 19 heavy (non-hydrogen) atoms. The lowest BCUT2D eigenvalue weighted by atomic mass is 10.0. The molecule has 1 nitrogen and oxygen atoms in total. The first-order chi connectivity index (χ1) is 9.20. The molecular weight excluding hydrogens is 274 g/mol. The van der Waals surface area contributed by atoms with Crippen molar-refractivity contribution in [1.82, 2.24) is 0 Å². The summed E-state index contributed by atoms with van der Waals surface area (Å²) < 4.78 is 0. The van der Waals surface area contributed by atoms with Gasteiger partial charge in [0.15, 0.2) is 0 Å². The smallest absolute Gasteiger partial charge is 0.0451 e. The van der Waals surface area contributed by atoms with E-state index in [0.29, 0.717) is 5.25 Å². The molecule has 1 aliphatic rings. The van der Waals surface area contributed by atoms with Crippen molar-refractivity contribution in [1.29, 1.82) is 0 Å². The van der Waals surface area contributed by atoms with E-state index >= 15 is 0 Å². The van der Waals surface area contributed by atoms with Crippen LogP contribution in [-0.2, 0) is 0 Å². The minimum Gasteiger partial charge on any atom is -0.326 e. The van der Waals surface area contributed by atoms with Crippen LogP contribution in [0.1, 0.15) is 56.3 Å². The van der Waals surface area contributed by atoms with E-state index < -0.39 is 0 Å². The Morgan fingerprint density at radius 3 is 2.68 bits per heavy atom. The van der Waals surface area contributed by atoms with Gasteiger partial charge in [0, 0.05) is 21.6 Å². The molecule has 1 saturated carbocycles. The van der Waals surface area contributed by atoms with Crippen LogP contribution >= 0.6 is 23.4 Å². The highest BCUT2D eigenvalue weighted by Crippen LogP contribution is 2.41. The Hall–Kier alpha value is -0.180. The first-order valence-electron chi connectivity index (χ1n) is 7.37. The Kier molecular flexibility index (Phi) is 6.06. The van der Waals surface area contributed by atoms with E-state index in [1.54, 1.807) is 0 Å². The minimum atomic E-state index is 0.213. The molecule has 0 amide bonds. The van der Waals surface area contributed by atoms with Crippen molar-refractivity contribution in [2.24, 2.45) is 5.73 Å². The van der Waals surface area contributed by atoms with E-state index in [0.717, 1.165) is 16.7 Å². The van der Waals surface area contributed by atoms with Gasteiger partial charge in [-0.3, -0.25) is 0 Å². The third kappa shape index (κ3) is 4.40. The zero-order valence-corrected chi connectivity index (χ0v) is 13.2. The summed E-state index contributed by atoms with van der Waals surface area (Å²) in [7, 11) is 0. The average molecular weight is 298 g/mol. The summed E-state index contributed by atoms with van der Waals surface area (Å²) in [6.07, 6.45) is 7.86. The van der Waals surface area contributed by atoms with Gasteiger partial charge in [-0.1, -0.05) is 49.9 Å². The Morgan fingerprint density at radius 1 is 1.32 bits per heavy atom. The summed E-state index contributed by atoms with van der Waals surface area (Å²) in [6, 6.07) is 8.43. The van der Waals surface area contributed by atoms with Gasteiger partial charge in [-0.15, -0.1) is 11.8 Å². The molecule has 2 N–H and O–H groups in total. The maximum Gasteiger partial charge on any atom is 0.0451 e. The second kappa shape index (κ2) is 7.56. The molecule has 0 aromatic heterocycles. The van der Waals surface area contributed by atoms with E-state index in [2.05, 4.69) is 30.8 Å². The standard InChI is InChI=1S/C16H24ClNS/c1-2-15(18)16(12-7-6-8-13(17)11-12)19-14-9-4-3-5-10-14/h6-8,11,14-16H,2-5,9-10,18H2,1H3. The zero-order valence-electron chi connectivity index (χ0n) is 11.6. The predicted octanol–water partition coefficient (Wildman–Crippen LogP) is 5.18. The largest absolute Gasteiger partial charge is 0.326 e. The van der Waals surface area contributed by atoms with E-state index in [1.165, 1.54) is 37.7 Å². The molecule has 0 radical (unpaired) electrons. The van der Waals surface area contributed by atoms with Crippen LogP contribution in [0.5, 0.6) is 0 Å². The van der Waals surface area contributed by atoms with Crippen LogP contribution in [0, 0.1) is 0 Å². The molecule has 0 bridgehead atoms. The van der Waals surface area contributed by atoms with Crippen molar-refractivity contribution < 1.29 is 0 Å². The third-order valence-electron chi connectivity index (χ3n) is 3.93. The monoisotopic (exact) mass is 297 g/mol. The van der Waals surface area contributed by atoms with Gasteiger partial charge in [-0.05, 0) is 37.0 Å². The molecule has 0 spiro atoms. The van der Waals surface area contributed by atoms with Crippen LogP contribution < -0.4 is 5.73 Å². The Labute approximate surface area is 126 Å². The highest BCUT2D eigenvalue weighted by atomic mass is 35.5. The van der Waals surface area contributed by atoms with Crippen molar-refractivity contribution in [2.45, 2.75) is 62.0 Å². The second-order valence-corrected chi connectivity index (χ2v) is 7.33. The summed E-state index contributed by atoms with van der Waals surface area (Å²) in [6.45, 7) is 2.17. The predicted molar refractivity (Wildman–Crippen MR) is 86.9 cm³/mol. The second-order valence-electron chi connectivity index (χ2n) is 5.44. The molecule has 0 saturated heterocycles. The fraction of sp³-hybridized carbons (Fsp3) is 0.625. The molecule has 1 fully saturated rings. The molecule has 2 rings (SSSR count). The molecule has 2 unspecified atom stereocenters. The summed E-state index contributed by atoms with van der Waals surface area (Å²) in [4.78, 5) is 0. The van der Waals surface area contributed by atoms with Crippen molar-refractivity contribution in [3.05, 3.63) is 34.9 Å². The van der Waals surface area contributed by atoms with Gasteiger partial charge in [-0.25, -0.2) is 0 Å². The van der Waals surface area contributed by atoms with Crippen LogP contribution in [0.2, 0.25) is 5.02 Å². The van der Waals surface area contributed by atoms with Gasteiger partial charge in [0.1, 0.15) is 0 Å². The number of nitrogens with two attached hydrogens (primary N) is 1. The van der Waals surface area contributed by atoms with Crippen molar-refractivity contribution in [3.8, 4) is 0 Å². The van der Waals surface area contributed by atoms with Crippen molar-refractivity contribution in [2.75, 3.05) is 0 Å². The lowest BCUT2D eigenvalue weighted by Crippen LogP contribution is -2.27. The lowest BCUT2D eigenvalue weighted by molar-refractivity contribution is 0.512. The molecule has 3 heteroatoms. The quantitative estimate of drug-likeness (QED) is 0.810. The summed E-state index contributed by atoms with van der Waals surface area (Å²) >= 11 is 8.21. The topological polar surface area (TPSA) is 26.0 Å². The molecule has 106 valence electrons. The number of thioether (sulfide) groups is 1. The van der Waals surface area contributed by atoms with Gasteiger partial charge < -0.3 is 5.73 Å². The maximum absolute atomic E-state index is 6.35. The van der Waals surface area contributed by atoms with Gasteiger partial charge in [0.05, 0.1) is 0 Å². The fourth-order valence-electron chi connectivity index (χ4n) is 2.73. The van der Waals surface area contributed by atoms with Crippen LogP contribution in [0.4, 0.5) is 0 Å². The first-order valence-corrected chi connectivity index (χ1v) is 8.69. The molecule has 1 aromatic carbocycles. The van der Waals surface area contributed by atoms with Crippen LogP contribution in [-0.4, -0.2) is 11.3 Å². The molecule has 1 aliphatic carbocycles. The number of rotatable bonds is 5. The number of halogens is 1. The Morgan fingerprint density at radius 2 is 2.05 bits per heavy atom. The van der Waals surface area contributed by atoms with Crippen molar-refractivity contribution in [3.63, 3.8) is 0 Å². The molecule has 0 heterocycles. The van der Waals surface area contributed by atoms with Gasteiger partial charge in [0.2, 0.25) is 0 Å². The third-order valence-corrected chi connectivity index (χ3v) is 5.94. The lowest BCUT2D eigenvalue weighted by Gasteiger charge is -2.29. The highest BCUT2D eigenvalue weighted by Gasteiger charge is 2.24. The molecule has 0 aliphatic heterocycles. The van der Waals surface area contributed by atoms with Crippen LogP contribution in [0.15, 0.2) is 24.3 Å². The normalized spacial score (nSPS) is 20.2. The highest BCUT2D eigenvalue weighted by molar-refractivity contribution is 8.00. The van der Waals surface area contributed by atoms with E-state index in [1.807, 2.05) is 12.1 Å². The first kappa shape index (κ1) is 15.2. The van der Waals surface area contributed by atoms with Crippen LogP contribution in [0.3, 0.4) is 0 Å². The van der Waals surface area contributed by atoms with Gasteiger partial charge in [0.25, 0.3) is 0 Å². The fourth-order valence-corrected chi connectivity index (χ4v) is 4.65. The summed E-state index contributed by atoms with van der Waals surface area (Å²) in [5, 5.41) is 1.97. The van der Waals surface area contributed by atoms with Gasteiger partial charge >= 0.3 is 0 Å². The van der Waals surface area contributed by atoms with Gasteiger partial charge in [-0.2, -0.15) is 0 Å². The molecule has 2 atom stereocenters. The van der Waals surface area contributed by atoms with Crippen LogP contribution in [0.25, 0.3) is 0 Å². The van der Waals surface area contributed by atoms with E-state index in [-0.39, 0.29) is 6.04 Å². The maximum atomic E-state index is 6.35. The summed E-state index contributed by atoms with van der Waals surface area (Å²) in [5.74, 6) is 0. The number of benzene rings is 1. The van der Waals surface area contributed by atoms with E-state index in [4.69, 9.17) is 17.3 Å². The SMILES string of the molecule is CCC(N)C(SC1CCCCC1)c1cccc(Cl)c1. The zero-order chi connectivity index (χ0) is 13.7. The molecular formula is C16H24ClNS. The average Bonchev–Trinajstić information content (AvgIpc) is 2.45. The molecule has 1 aromatic rings. The number of hydrogen-bond donors (Lipinski definition) is 1. The van der Waals surface area contributed by atoms with Crippen molar-refractivity contribution >= 4 is 23.4 Å². The Bertz CT molecular complexity index is 390. The van der Waals surface area contributed by atoms with E-state index in [9.17, 15) is 0 Å². The summed E-state index contributed by atoms with van der Waals surface area (Å²) in [5.41, 5.74) is 7.64.